The molecule has 3 rings (SSSR count). The quantitative estimate of drug-likeness (QED) is 0.195. The average molecular weight is 593 g/mol. The van der Waals surface area contributed by atoms with Gasteiger partial charge in [-0.1, -0.05) is 46.3 Å². The number of ether oxygens (including phenoxy) is 2. The molecular formula is C24H22BrIN2O3. The molecule has 31 heavy (non-hydrogen) atoms. The molecule has 0 saturated heterocycles. The van der Waals surface area contributed by atoms with Crippen LogP contribution in [-0.4, -0.2) is 18.7 Å². The maximum absolute atomic E-state index is 12.3. The van der Waals surface area contributed by atoms with Crippen molar-refractivity contribution in [1.29, 1.82) is 0 Å². The second-order valence-corrected chi connectivity index (χ2v) is 8.77. The average Bonchev–Trinajstić information content (AvgIpc) is 2.75. The lowest BCUT2D eigenvalue weighted by Gasteiger charge is -2.15. The van der Waals surface area contributed by atoms with Gasteiger partial charge in [0.05, 0.1) is 16.4 Å². The van der Waals surface area contributed by atoms with Crippen LogP contribution in [0.25, 0.3) is 0 Å². The number of halogens is 2. The standard InChI is InChI=1S/C24H22BrIN2O3/c1-3-30-22-13-18(14-27-28-24(29)20-7-5-4-6-16(20)2)12-21(26)23(22)31-15-17-8-10-19(25)11-9-17/h4-14H,3,15H2,1-2H3,(H,28,29)/b27-14+. The van der Waals surface area contributed by atoms with Gasteiger partial charge >= 0.3 is 0 Å². The molecule has 0 unspecified atom stereocenters. The van der Waals surface area contributed by atoms with E-state index in [0.717, 1.165) is 24.7 Å². The molecule has 0 spiro atoms. The first kappa shape index (κ1) is 23.3. The molecule has 0 bridgehead atoms. The first-order valence-electron chi connectivity index (χ1n) is 9.70. The first-order valence-corrected chi connectivity index (χ1v) is 11.6. The van der Waals surface area contributed by atoms with Crippen molar-refractivity contribution in [1.82, 2.24) is 5.43 Å². The number of nitrogens with one attached hydrogen (secondary N) is 1. The fourth-order valence-electron chi connectivity index (χ4n) is 2.85. The van der Waals surface area contributed by atoms with Crippen LogP contribution in [0, 0.1) is 10.5 Å². The third kappa shape index (κ3) is 6.54. The lowest BCUT2D eigenvalue weighted by atomic mass is 10.1. The van der Waals surface area contributed by atoms with E-state index in [2.05, 4.69) is 49.0 Å². The van der Waals surface area contributed by atoms with Crippen molar-refractivity contribution in [3.8, 4) is 11.5 Å². The van der Waals surface area contributed by atoms with E-state index in [-0.39, 0.29) is 5.91 Å². The molecule has 0 radical (unpaired) electrons. The number of aryl methyl sites for hydroxylation is 1. The first-order chi connectivity index (χ1) is 15.0. The highest BCUT2D eigenvalue weighted by atomic mass is 127. The Morgan fingerprint density at radius 2 is 1.87 bits per heavy atom. The third-order valence-corrected chi connectivity index (χ3v) is 5.73. The molecule has 0 heterocycles. The van der Waals surface area contributed by atoms with Gasteiger partial charge in [0, 0.05) is 10.0 Å². The molecule has 7 heteroatoms. The van der Waals surface area contributed by atoms with Crippen LogP contribution >= 0.6 is 38.5 Å². The molecular weight excluding hydrogens is 571 g/mol. The molecule has 0 aliphatic carbocycles. The van der Waals surface area contributed by atoms with Gasteiger partial charge in [0.15, 0.2) is 11.5 Å². The molecule has 0 aliphatic rings. The highest BCUT2D eigenvalue weighted by Gasteiger charge is 2.12. The Balaban J connectivity index is 1.73. The van der Waals surface area contributed by atoms with E-state index in [0.29, 0.717) is 30.3 Å². The van der Waals surface area contributed by atoms with Gasteiger partial charge in [-0.3, -0.25) is 4.79 Å². The summed E-state index contributed by atoms with van der Waals surface area (Å²) in [5.41, 5.74) is 5.94. The summed E-state index contributed by atoms with van der Waals surface area (Å²) in [6.45, 7) is 4.76. The molecule has 0 aliphatic heterocycles. The molecule has 1 amide bonds. The Hall–Kier alpha value is -2.39. The highest BCUT2D eigenvalue weighted by Crippen LogP contribution is 2.34. The van der Waals surface area contributed by atoms with Crippen molar-refractivity contribution in [2.45, 2.75) is 20.5 Å². The third-order valence-electron chi connectivity index (χ3n) is 4.40. The number of benzene rings is 3. The molecule has 0 saturated carbocycles. The van der Waals surface area contributed by atoms with Crippen LogP contribution in [0.5, 0.6) is 11.5 Å². The molecule has 160 valence electrons. The molecule has 0 atom stereocenters. The predicted octanol–water partition coefficient (Wildman–Crippen LogP) is 6.10. The fraction of sp³-hybridized carbons (Fsp3) is 0.167. The van der Waals surface area contributed by atoms with Crippen LogP contribution in [0.2, 0.25) is 0 Å². The van der Waals surface area contributed by atoms with Crippen LogP contribution in [0.3, 0.4) is 0 Å². The Bertz CT molecular complexity index is 1080. The number of carbonyl (C=O) groups is 1. The van der Waals surface area contributed by atoms with Crippen LogP contribution in [0.4, 0.5) is 0 Å². The van der Waals surface area contributed by atoms with Gasteiger partial charge in [-0.05, 0) is 83.5 Å². The summed E-state index contributed by atoms with van der Waals surface area (Å²) in [6.07, 6.45) is 1.60. The van der Waals surface area contributed by atoms with Gasteiger partial charge in [0.2, 0.25) is 0 Å². The number of carbonyl (C=O) groups excluding carboxylic acids is 1. The lowest BCUT2D eigenvalue weighted by Crippen LogP contribution is -2.18. The molecule has 0 fully saturated rings. The predicted molar refractivity (Wildman–Crippen MR) is 135 cm³/mol. The zero-order chi connectivity index (χ0) is 22.2. The topological polar surface area (TPSA) is 59.9 Å². The summed E-state index contributed by atoms with van der Waals surface area (Å²) in [5.74, 6) is 1.08. The van der Waals surface area contributed by atoms with Gasteiger partial charge in [0.1, 0.15) is 6.61 Å². The SMILES string of the molecule is CCOc1cc(/C=N/NC(=O)c2ccccc2C)cc(I)c1OCc1ccc(Br)cc1. The van der Waals surface area contributed by atoms with Gasteiger partial charge in [-0.25, -0.2) is 5.43 Å². The van der Waals surface area contributed by atoms with Gasteiger partial charge in [-0.2, -0.15) is 5.10 Å². The number of hydrazone groups is 1. The second-order valence-electron chi connectivity index (χ2n) is 6.69. The summed E-state index contributed by atoms with van der Waals surface area (Å²) in [5, 5.41) is 4.10. The smallest absolute Gasteiger partial charge is 0.271 e. The molecule has 3 aromatic rings. The number of amides is 1. The van der Waals surface area contributed by atoms with Crippen molar-refractivity contribution in [3.05, 3.63) is 91.0 Å². The normalized spacial score (nSPS) is 10.8. The summed E-state index contributed by atoms with van der Waals surface area (Å²) < 4.78 is 13.8. The van der Waals surface area contributed by atoms with Crippen molar-refractivity contribution in [3.63, 3.8) is 0 Å². The summed E-state index contributed by atoms with van der Waals surface area (Å²) in [7, 11) is 0. The number of rotatable bonds is 8. The second kappa shape index (κ2) is 11.3. The lowest BCUT2D eigenvalue weighted by molar-refractivity contribution is 0.0954. The number of hydrogen-bond acceptors (Lipinski definition) is 4. The summed E-state index contributed by atoms with van der Waals surface area (Å²) in [4.78, 5) is 12.3. The molecule has 5 nitrogen and oxygen atoms in total. The number of hydrogen-bond donors (Lipinski definition) is 1. The Morgan fingerprint density at radius 3 is 2.58 bits per heavy atom. The zero-order valence-corrected chi connectivity index (χ0v) is 20.9. The highest BCUT2D eigenvalue weighted by molar-refractivity contribution is 14.1. The Kier molecular flexibility index (Phi) is 8.48. The van der Waals surface area contributed by atoms with Crippen LogP contribution in [0.1, 0.15) is 34.0 Å². The molecule has 3 aromatic carbocycles. The van der Waals surface area contributed by atoms with Crippen molar-refractivity contribution in [2.24, 2.45) is 5.10 Å². The van der Waals surface area contributed by atoms with E-state index >= 15 is 0 Å². The Labute approximate surface area is 204 Å². The molecule has 0 aromatic heterocycles. The van der Waals surface area contributed by atoms with E-state index in [1.807, 2.05) is 68.4 Å². The maximum Gasteiger partial charge on any atom is 0.271 e. The van der Waals surface area contributed by atoms with Gasteiger partial charge < -0.3 is 9.47 Å². The van der Waals surface area contributed by atoms with Crippen LogP contribution in [-0.2, 0) is 6.61 Å². The van der Waals surface area contributed by atoms with Gasteiger partial charge in [-0.15, -0.1) is 0 Å². The van der Waals surface area contributed by atoms with E-state index in [1.165, 1.54) is 0 Å². The maximum atomic E-state index is 12.3. The molecule has 1 N–H and O–H groups in total. The van der Waals surface area contributed by atoms with Crippen LogP contribution in [0.15, 0.2) is 70.2 Å². The fourth-order valence-corrected chi connectivity index (χ4v) is 3.90. The minimum atomic E-state index is -0.247. The largest absolute Gasteiger partial charge is 0.490 e. The summed E-state index contributed by atoms with van der Waals surface area (Å²) in [6, 6.07) is 19.2. The summed E-state index contributed by atoms with van der Waals surface area (Å²) >= 11 is 5.66. The van der Waals surface area contributed by atoms with Crippen molar-refractivity contribution in [2.75, 3.05) is 6.61 Å². The van der Waals surface area contributed by atoms with E-state index in [1.54, 1.807) is 12.3 Å². The van der Waals surface area contributed by atoms with Crippen LogP contribution < -0.4 is 14.9 Å². The zero-order valence-electron chi connectivity index (χ0n) is 17.2. The van der Waals surface area contributed by atoms with E-state index in [4.69, 9.17) is 9.47 Å². The minimum Gasteiger partial charge on any atom is -0.490 e. The van der Waals surface area contributed by atoms with Crippen molar-refractivity contribution < 1.29 is 14.3 Å². The van der Waals surface area contributed by atoms with E-state index in [9.17, 15) is 4.79 Å². The van der Waals surface area contributed by atoms with Gasteiger partial charge in [0.25, 0.3) is 5.91 Å². The van der Waals surface area contributed by atoms with Crippen molar-refractivity contribution >= 4 is 50.6 Å². The van der Waals surface area contributed by atoms with E-state index < -0.39 is 0 Å². The Morgan fingerprint density at radius 1 is 1.13 bits per heavy atom. The minimum absolute atomic E-state index is 0.247. The number of nitrogens with zero attached hydrogens (tertiary/aromatic N) is 1. The monoisotopic (exact) mass is 592 g/mol.